The van der Waals surface area contributed by atoms with Crippen molar-refractivity contribution in [3.05, 3.63) is 99.9 Å². The quantitative estimate of drug-likeness (QED) is 0.349. The molecule has 0 bridgehead atoms. The molecule has 4 rings (SSSR count). The van der Waals surface area contributed by atoms with Crippen molar-refractivity contribution in [2.45, 2.75) is 13.5 Å². The molecule has 2 aromatic carbocycles. The van der Waals surface area contributed by atoms with E-state index in [0.29, 0.717) is 5.56 Å². The molecule has 4 aromatic rings. The van der Waals surface area contributed by atoms with Crippen molar-refractivity contribution in [3.63, 3.8) is 0 Å². The number of hydrazone groups is 1. The van der Waals surface area contributed by atoms with Gasteiger partial charge in [0.15, 0.2) is 0 Å². The van der Waals surface area contributed by atoms with Gasteiger partial charge in [-0.15, -0.1) is 0 Å². The van der Waals surface area contributed by atoms with Crippen LogP contribution in [-0.4, -0.2) is 21.7 Å². The van der Waals surface area contributed by atoms with Crippen LogP contribution >= 0.6 is 15.9 Å². The first-order valence-electron chi connectivity index (χ1n) is 9.19. The number of para-hydroxylation sites is 1. The first-order valence-corrected chi connectivity index (χ1v) is 9.98. The first kappa shape index (κ1) is 19.1. The summed E-state index contributed by atoms with van der Waals surface area (Å²) in [5.74, 6) is -0.305. The van der Waals surface area contributed by atoms with Crippen molar-refractivity contribution in [3.8, 4) is 0 Å². The lowest BCUT2D eigenvalue weighted by molar-refractivity contribution is 0.0954. The Morgan fingerprint density at radius 1 is 1.14 bits per heavy atom. The van der Waals surface area contributed by atoms with Crippen molar-refractivity contribution in [1.29, 1.82) is 0 Å². The number of pyridine rings is 1. The summed E-state index contributed by atoms with van der Waals surface area (Å²) in [5, 5.41) is 5.30. The smallest absolute Gasteiger partial charge is 0.272 e. The van der Waals surface area contributed by atoms with Gasteiger partial charge in [-0.2, -0.15) is 5.10 Å². The Bertz CT molecular complexity index is 1200. The number of nitrogens with zero attached hydrogens (tertiary/aromatic N) is 3. The molecule has 5 nitrogen and oxygen atoms in total. The Labute approximate surface area is 177 Å². The summed E-state index contributed by atoms with van der Waals surface area (Å²) in [6.07, 6.45) is 4.85. The molecule has 0 aliphatic heterocycles. The van der Waals surface area contributed by atoms with Gasteiger partial charge in [-0.05, 0) is 40.5 Å². The predicted molar refractivity (Wildman–Crippen MR) is 119 cm³/mol. The molecule has 0 saturated carbocycles. The van der Waals surface area contributed by atoms with E-state index in [1.807, 2.05) is 30.3 Å². The summed E-state index contributed by atoms with van der Waals surface area (Å²) in [6, 6.07) is 20.3. The van der Waals surface area contributed by atoms with Crippen molar-refractivity contribution < 1.29 is 4.79 Å². The van der Waals surface area contributed by atoms with Gasteiger partial charge in [-0.25, -0.2) is 5.43 Å². The number of hydrogen-bond donors (Lipinski definition) is 1. The van der Waals surface area contributed by atoms with Gasteiger partial charge in [0.1, 0.15) is 0 Å². The summed E-state index contributed by atoms with van der Waals surface area (Å²) in [4.78, 5) is 16.3. The summed E-state index contributed by atoms with van der Waals surface area (Å²) < 4.78 is 3.01. The van der Waals surface area contributed by atoms with Crippen LogP contribution in [0.4, 0.5) is 0 Å². The Balaban J connectivity index is 1.63. The maximum atomic E-state index is 12.3. The Morgan fingerprint density at radius 2 is 1.90 bits per heavy atom. The van der Waals surface area contributed by atoms with E-state index in [9.17, 15) is 4.79 Å². The van der Waals surface area contributed by atoms with E-state index in [4.69, 9.17) is 0 Å². The van der Waals surface area contributed by atoms with Gasteiger partial charge < -0.3 is 4.57 Å². The summed E-state index contributed by atoms with van der Waals surface area (Å²) >= 11 is 3.32. The van der Waals surface area contributed by atoms with Gasteiger partial charge in [0.05, 0.1) is 11.8 Å². The third kappa shape index (κ3) is 4.12. The molecule has 0 saturated heterocycles. The SMILES string of the molecule is Cc1c(/C=N\NC(=O)c2cncc(Br)c2)c2ccccc2n1Cc1ccccc1. The van der Waals surface area contributed by atoms with Crippen LogP contribution in [0.15, 0.2) is 82.6 Å². The van der Waals surface area contributed by atoms with Crippen LogP contribution in [0.1, 0.15) is 27.2 Å². The van der Waals surface area contributed by atoms with Crippen LogP contribution in [0.2, 0.25) is 0 Å². The van der Waals surface area contributed by atoms with E-state index in [1.54, 1.807) is 18.5 Å². The third-order valence-electron chi connectivity index (χ3n) is 4.79. The lowest BCUT2D eigenvalue weighted by Gasteiger charge is -2.08. The molecule has 0 unspecified atom stereocenters. The number of nitrogens with one attached hydrogen (secondary N) is 1. The van der Waals surface area contributed by atoms with Crippen LogP contribution in [0.3, 0.4) is 0 Å². The van der Waals surface area contributed by atoms with Gasteiger partial charge in [-0.3, -0.25) is 9.78 Å². The first-order chi connectivity index (χ1) is 14.1. The zero-order valence-electron chi connectivity index (χ0n) is 15.8. The van der Waals surface area contributed by atoms with Crippen LogP contribution in [0.5, 0.6) is 0 Å². The highest BCUT2D eigenvalue weighted by atomic mass is 79.9. The van der Waals surface area contributed by atoms with E-state index in [-0.39, 0.29) is 5.91 Å². The van der Waals surface area contributed by atoms with Crippen LogP contribution in [0, 0.1) is 6.92 Å². The Hall–Kier alpha value is -3.25. The van der Waals surface area contributed by atoms with E-state index < -0.39 is 0 Å². The zero-order valence-corrected chi connectivity index (χ0v) is 17.4. The van der Waals surface area contributed by atoms with Crippen molar-refractivity contribution in [2.24, 2.45) is 5.10 Å². The Kier molecular flexibility index (Phi) is 5.53. The molecule has 0 aliphatic carbocycles. The zero-order chi connectivity index (χ0) is 20.2. The normalized spacial score (nSPS) is 11.2. The molecule has 0 radical (unpaired) electrons. The monoisotopic (exact) mass is 446 g/mol. The third-order valence-corrected chi connectivity index (χ3v) is 5.22. The molecule has 1 N–H and O–H groups in total. The molecule has 0 aliphatic rings. The number of hydrogen-bond acceptors (Lipinski definition) is 3. The lowest BCUT2D eigenvalue weighted by Crippen LogP contribution is -2.17. The highest BCUT2D eigenvalue weighted by Gasteiger charge is 2.13. The summed E-state index contributed by atoms with van der Waals surface area (Å²) in [5.41, 5.74) is 7.48. The number of halogens is 1. The molecule has 144 valence electrons. The highest BCUT2D eigenvalue weighted by molar-refractivity contribution is 9.10. The second kappa shape index (κ2) is 8.41. The van der Waals surface area contributed by atoms with E-state index in [2.05, 4.69) is 67.2 Å². The fourth-order valence-corrected chi connectivity index (χ4v) is 3.71. The minimum atomic E-state index is -0.305. The van der Waals surface area contributed by atoms with Gasteiger partial charge in [0.25, 0.3) is 5.91 Å². The van der Waals surface area contributed by atoms with Gasteiger partial charge in [0, 0.05) is 45.6 Å². The summed E-state index contributed by atoms with van der Waals surface area (Å²) in [6.45, 7) is 2.85. The number of aromatic nitrogens is 2. The number of rotatable bonds is 5. The Morgan fingerprint density at radius 3 is 2.69 bits per heavy atom. The maximum Gasteiger partial charge on any atom is 0.272 e. The predicted octanol–water partition coefficient (Wildman–Crippen LogP) is 4.92. The molecule has 2 heterocycles. The standard InChI is InChI=1S/C23H19BrN4O/c1-16-21(14-26-27-23(29)18-11-19(24)13-25-12-18)20-9-5-6-10-22(20)28(16)15-17-7-3-2-4-8-17/h2-14H,15H2,1H3,(H,27,29)/b26-14-. The molecule has 1 amide bonds. The fourth-order valence-electron chi connectivity index (χ4n) is 3.35. The van der Waals surface area contributed by atoms with Gasteiger partial charge in [0.2, 0.25) is 0 Å². The fraction of sp³-hybridized carbons (Fsp3) is 0.0870. The topological polar surface area (TPSA) is 59.3 Å². The molecule has 0 spiro atoms. The summed E-state index contributed by atoms with van der Waals surface area (Å²) in [7, 11) is 0. The molecule has 0 atom stereocenters. The van der Waals surface area contributed by atoms with Crippen LogP contribution in [0.25, 0.3) is 10.9 Å². The molecular formula is C23H19BrN4O. The van der Waals surface area contributed by atoms with Crippen molar-refractivity contribution in [1.82, 2.24) is 15.0 Å². The average molecular weight is 447 g/mol. The number of amides is 1. The van der Waals surface area contributed by atoms with E-state index >= 15 is 0 Å². The molecule has 2 aromatic heterocycles. The number of carbonyl (C=O) groups excluding carboxylic acids is 1. The largest absolute Gasteiger partial charge is 0.340 e. The van der Waals surface area contributed by atoms with Gasteiger partial charge in [-0.1, -0.05) is 48.5 Å². The van der Waals surface area contributed by atoms with E-state index in [0.717, 1.165) is 33.2 Å². The second-order valence-corrected chi connectivity index (χ2v) is 7.59. The van der Waals surface area contributed by atoms with E-state index in [1.165, 1.54) is 11.8 Å². The molecule has 0 fully saturated rings. The number of benzene rings is 2. The minimum absolute atomic E-state index is 0.305. The maximum absolute atomic E-state index is 12.3. The average Bonchev–Trinajstić information content (AvgIpc) is 3.00. The van der Waals surface area contributed by atoms with Gasteiger partial charge >= 0.3 is 0 Å². The number of fused-ring (bicyclic) bond motifs is 1. The van der Waals surface area contributed by atoms with Crippen LogP contribution < -0.4 is 5.43 Å². The number of carbonyl (C=O) groups is 1. The van der Waals surface area contributed by atoms with Crippen molar-refractivity contribution in [2.75, 3.05) is 0 Å². The lowest BCUT2D eigenvalue weighted by atomic mass is 10.1. The molecule has 29 heavy (non-hydrogen) atoms. The second-order valence-electron chi connectivity index (χ2n) is 6.68. The minimum Gasteiger partial charge on any atom is -0.340 e. The molecule has 6 heteroatoms. The van der Waals surface area contributed by atoms with Crippen LogP contribution in [-0.2, 0) is 6.54 Å². The van der Waals surface area contributed by atoms with Crippen molar-refractivity contribution >= 4 is 39.0 Å². The molecular weight excluding hydrogens is 428 g/mol. The highest BCUT2D eigenvalue weighted by Crippen LogP contribution is 2.25.